The fraction of sp³-hybridized carbons (Fsp3) is 0. The summed E-state index contributed by atoms with van der Waals surface area (Å²) in [5, 5.41) is 10.1. The Kier molecular flexibility index (Phi) is 2.06. The maximum Gasteiger partial charge on any atom is 0.446 e. The number of aromatic nitrogens is 1. The van der Waals surface area contributed by atoms with E-state index in [1.165, 1.54) is 12.1 Å². The van der Waals surface area contributed by atoms with Crippen LogP contribution in [0, 0.1) is 0 Å². The highest BCUT2D eigenvalue weighted by Crippen LogP contribution is 2.31. The normalized spacial score (nSPS) is 11.8. The minimum absolute atomic E-state index is 0.326. The second kappa shape index (κ2) is 3.14. The van der Waals surface area contributed by atoms with Gasteiger partial charge in [-0.1, -0.05) is 0 Å². The zero-order chi connectivity index (χ0) is 11.1. The third-order valence-corrected chi connectivity index (χ3v) is 2.22. The number of benzene rings is 1. The predicted octanol–water partition coefficient (Wildman–Crippen LogP) is 1.06. The van der Waals surface area contributed by atoms with Crippen LogP contribution in [0.1, 0.15) is 0 Å². The monoisotopic (exact) mass is 229 g/mol. The van der Waals surface area contributed by atoms with Crippen molar-refractivity contribution in [2.24, 2.45) is 0 Å². The molecular weight excluding hydrogens is 222 g/mol. The molecule has 2 aromatic rings. The van der Waals surface area contributed by atoms with Crippen molar-refractivity contribution in [3.63, 3.8) is 0 Å². The summed E-state index contributed by atoms with van der Waals surface area (Å²) in [4.78, 5) is 2.81. The lowest BCUT2D eigenvalue weighted by Gasteiger charge is -2.03. The van der Waals surface area contributed by atoms with Gasteiger partial charge in [-0.25, -0.2) is 0 Å². The molecule has 0 spiro atoms. The highest BCUT2D eigenvalue weighted by atomic mass is 32.3. The standard InChI is InChI=1S/C8H7NO5S/c10-7-3-5-1-2-9-6(5)4-8(7)14-15(11,12)13/h1-4,9-10H,(H,11,12,13). The van der Waals surface area contributed by atoms with Gasteiger partial charge in [0.2, 0.25) is 0 Å². The summed E-state index contributed by atoms with van der Waals surface area (Å²) in [6.45, 7) is 0. The van der Waals surface area contributed by atoms with Gasteiger partial charge in [-0.15, -0.1) is 0 Å². The van der Waals surface area contributed by atoms with Crippen molar-refractivity contribution >= 4 is 21.3 Å². The van der Waals surface area contributed by atoms with Gasteiger partial charge in [0.05, 0.1) is 0 Å². The molecule has 0 saturated heterocycles. The molecule has 0 radical (unpaired) electrons. The van der Waals surface area contributed by atoms with Gasteiger partial charge >= 0.3 is 10.4 Å². The minimum Gasteiger partial charge on any atom is -0.504 e. The van der Waals surface area contributed by atoms with Crippen LogP contribution in [0.5, 0.6) is 11.5 Å². The third kappa shape index (κ3) is 2.03. The van der Waals surface area contributed by atoms with E-state index in [0.29, 0.717) is 10.9 Å². The first-order valence-electron chi connectivity index (χ1n) is 3.93. The highest BCUT2D eigenvalue weighted by Gasteiger charge is 2.12. The van der Waals surface area contributed by atoms with Gasteiger partial charge in [0, 0.05) is 23.2 Å². The van der Waals surface area contributed by atoms with Gasteiger partial charge in [-0.05, 0) is 12.1 Å². The fourth-order valence-corrected chi connectivity index (χ4v) is 1.61. The molecule has 0 saturated carbocycles. The average Bonchev–Trinajstić information content (AvgIpc) is 2.49. The van der Waals surface area contributed by atoms with E-state index in [0.717, 1.165) is 0 Å². The zero-order valence-corrected chi connectivity index (χ0v) is 8.15. The van der Waals surface area contributed by atoms with Gasteiger partial charge in [0.15, 0.2) is 11.5 Å². The van der Waals surface area contributed by atoms with E-state index in [1.807, 2.05) is 0 Å². The molecule has 0 aliphatic heterocycles. The molecule has 80 valence electrons. The van der Waals surface area contributed by atoms with E-state index in [2.05, 4.69) is 9.17 Å². The number of phenols is 1. The number of fused-ring (bicyclic) bond motifs is 1. The summed E-state index contributed by atoms with van der Waals surface area (Å²) < 4.78 is 33.5. The Labute approximate surface area is 85.1 Å². The predicted molar refractivity (Wildman–Crippen MR) is 52.1 cm³/mol. The Morgan fingerprint density at radius 1 is 1.33 bits per heavy atom. The van der Waals surface area contributed by atoms with E-state index < -0.39 is 10.4 Å². The van der Waals surface area contributed by atoms with Crippen molar-refractivity contribution in [1.82, 2.24) is 4.98 Å². The number of aromatic hydroxyl groups is 1. The molecule has 15 heavy (non-hydrogen) atoms. The Morgan fingerprint density at radius 2 is 2.07 bits per heavy atom. The lowest BCUT2D eigenvalue weighted by atomic mass is 10.2. The van der Waals surface area contributed by atoms with Crippen LogP contribution < -0.4 is 4.18 Å². The largest absolute Gasteiger partial charge is 0.504 e. The number of hydrogen-bond acceptors (Lipinski definition) is 4. The molecule has 3 N–H and O–H groups in total. The summed E-state index contributed by atoms with van der Waals surface area (Å²) in [6.07, 6.45) is 1.63. The minimum atomic E-state index is -4.63. The number of hydrogen-bond donors (Lipinski definition) is 3. The van der Waals surface area contributed by atoms with Crippen LogP contribution in [0.25, 0.3) is 10.9 Å². The van der Waals surface area contributed by atoms with Gasteiger partial charge in [0.25, 0.3) is 0 Å². The molecule has 0 aliphatic rings. The Balaban J connectivity index is 2.55. The molecule has 0 atom stereocenters. The van der Waals surface area contributed by atoms with Crippen molar-refractivity contribution in [2.45, 2.75) is 0 Å². The van der Waals surface area contributed by atoms with Crippen LogP contribution in [0.2, 0.25) is 0 Å². The maximum atomic E-state index is 10.4. The van der Waals surface area contributed by atoms with Crippen LogP contribution in [0.3, 0.4) is 0 Å². The Morgan fingerprint density at radius 3 is 2.73 bits per heavy atom. The third-order valence-electron chi connectivity index (χ3n) is 1.83. The maximum absolute atomic E-state index is 10.4. The molecule has 1 aromatic carbocycles. The van der Waals surface area contributed by atoms with E-state index >= 15 is 0 Å². The van der Waals surface area contributed by atoms with Crippen molar-refractivity contribution in [3.05, 3.63) is 24.4 Å². The zero-order valence-electron chi connectivity index (χ0n) is 7.34. The summed E-state index contributed by atoms with van der Waals surface area (Å²) >= 11 is 0. The average molecular weight is 229 g/mol. The molecule has 0 amide bonds. The summed E-state index contributed by atoms with van der Waals surface area (Å²) in [5.74, 6) is -0.688. The summed E-state index contributed by atoms with van der Waals surface area (Å²) in [5.41, 5.74) is 0.589. The van der Waals surface area contributed by atoms with Crippen LogP contribution in [-0.2, 0) is 10.4 Å². The van der Waals surface area contributed by atoms with Crippen molar-refractivity contribution < 1.29 is 22.3 Å². The topological polar surface area (TPSA) is 99.6 Å². The highest BCUT2D eigenvalue weighted by molar-refractivity contribution is 7.81. The molecule has 6 nitrogen and oxygen atoms in total. The lowest BCUT2D eigenvalue weighted by Crippen LogP contribution is -2.06. The molecule has 7 heteroatoms. The molecule has 0 aliphatic carbocycles. The van der Waals surface area contributed by atoms with Gasteiger partial charge in [-0.3, -0.25) is 4.55 Å². The first kappa shape index (κ1) is 9.81. The van der Waals surface area contributed by atoms with Crippen LogP contribution in [0.4, 0.5) is 0 Å². The van der Waals surface area contributed by atoms with Gasteiger partial charge in [-0.2, -0.15) is 8.42 Å². The first-order valence-corrected chi connectivity index (χ1v) is 5.29. The Bertz CT molecular complexity index is 601. The van der Waals surface area contributed by atoms with Crippen LogP contribution in [0.15, 0.2) is 24.4 Å². The SMILES string of the molecule is O=S(=O)(O)Oc1cc2[nH]ccc2cc1O. The second-order valence-corrected chi connectivity index (χ2v) is 3.92. The van der Waals surface area contributed by atoms with E-state index in [-0.39, 0.29) is 11.5 Å². The smallest absolute Gasteiger partial charge is 0.446 e. The van der Waals surface area contributed by atoms with E-state index in [4.69, 9.17) is 4.55 Å². The molecule has 0 unspecified atom stereocenters. The molecule has 0 bridgehead atoms. The molecule has 2 rings (SSSR count). The quantitative estimate of drug-likeness (QED) is 0.668. The fourth-order valence-electron chi connectivity index (χ4n) is 1.25. The number of nitrogens with one attached hydrogen (secondary N) is 1. The van der Waals surface area contributed by atoms with Gasteiger partial charge < -0.3 is 14.3 Å². The first-order chi connectivity index (χ1) is 6.96. The summed E-state index contributed by atoms with van der Waals surface area (Å²) in [7, 11) is -4.63. The molecule has 1 aromatic heterocycles. The number of phenolic OH excluding ortho intramolecular Hbond substituents is 1. The van der Waals surface area contributed by atoms with Crippen molar-refractivity contribution in [1.29, 1.82) is 0 Å². The number of H-pyrrole nitrogens is 1. The number of rotatable bonds is 2. The van der Waals surface area contributed by atoms with E-state index in [1.54, 1.807) is 12.3 Å². The lowest BCUT2D eigenvalue weighted by molar-refractivity contribution is 0.371. The van der Waals surface area contributed by atoms with Crippen LogP contribution >= 0.6 is 0 Å². The molecular formula is C8H7NO5S. The second-order valence-electron chi connectivity index (χ2n) is 2.90. The van der Waals surface area contributed by atoms with Crippen molar-refractivity contribution in [3.8, 4) is 11.5 Å². The van der Waals surface area contributed by atoms with Crippen LogP contribution in [-0.4, -0.2) is 23.1 Å². The van der Waals surface area contributed by atoms with Gasteiger partial charge in [0.1, 0.15) is 0 Å². The molecule has 1 heterocycles. The van der Waals surface area contributed by atoms with Crippen molar-refractivity contribution in [2.75, 3.05) is 0 Å². The Hall–Kier alpha value is -1.73. The number of aromatic amines is 1. The summed E-state index contributed by atoms with van der Waals surface area (Å²) in [6, 6.07) is 4.30. The molecule has 0 fully saturated rings. The van der Waals surface area contributed by atoms with E-state index in [9.17, 15) is 13.5 Å².